The van der Waals surface area contributed by atoms with E-state index in [0.717, 1.165) is 5.56 Å². The van der Waals surface area contributed by atoms with E-state index in [9.17, 15) is 9.59 Å². The molecule has 0 atom stereocenters. The van der Waals surface area contributed by atoms with Crippen LogP contribution in [0, 0.1) is 6.92 Å². The molecule has 0 unspecified atom stereocenters. The summed E-state index contributed by atoms with van der Waals surface area (Å²) < 4.78 is 0. The van der Waals surface area contributed by atoms with Crippen molar-refractivity contribution in [1.29, 1.82) is 0 Å². The molecule has 0 aromatic heterocycles. The van der Waals surface area contributed by atoms with Gasteiger partial charge >= 0.3 is 0 Å². The van der Waals surface area contributed by atoms with Crippen LogP contribution in [0.25, 0.3) is 0 Å². The molecule has 0 aliphatic carbocycles. The summed E-state index contributed by atoms with van der Waals surface area (Å²) in [4.78, 5) is 24.7. The zero-order valence-electron chi connectivity index (χ0n) is 14.1. The van der Waals surface area contributed by atoms with Gasteiger partial charge in [0, 0.05) is 16.9 Å². The second kappa shape index (κ2) is 7.85. The van der Waals surface area contributed by atoms with Crippen LogP contribution in [-0.2, 0) is 0 Å². The SMILES string of the molecule is Cc1cccc(C(=O)Nc2cccc(NC(=O)c3ccccc3Cl)c2)c1. The van der Waals surface area contributed by atoms with E-state index in [0.29, 0.717) is 27.5 Å². The molecule has 0 spiro atoms. The molecule has 26 heavy (non-hydrogen) atoms. The van der Waals surface area contributed by atoms with Crippen molar-refractivity contribution in [1.82, 2.24) is 0 Å². The average molecular weight is 365 g/mol. The van der Waals surface area contributed by atoms with Crippen LogP contribution in [0.4, 0.5) is 11.4 Å². The van der Waals surface area contributed by atoms with E-state index in [-0.39, 0.29) is 11.8 Å². The van der Waals surface area contributed by atoms with Gasteiger partial charge in [-0.05, 0) is 49.4 Å². The zero-order valence-corrected chi connectivity index (χ0v) is 14.9. The van der Waals surface area contributed by atoms with Gasteiger partial charge in [-0.15, -0.1) is 0 Å². The molecule has 3 aromatic carbocycles. The van der Waals surface area contributed by atoms with Gasteiger partial charge in [0.25, 0.3) is 11.8 Å². The number of hydrogen-bond donors (Lipinski definition) is 2. The largest absolute Gasteiger partial charge is 0.322 e. The highest BCUT2D eigenvalue weighted by molar-refractivity contribution is 6.34. The van der Waals surface area contributed by atoms with Crippen molar-refractivity contribution >= 4 is 34.8 Å². The minimum atomic E-state index is -0.308. The van der Waals surface area contributed by atoms with Crippen molar-refractivity contribution in [3.63, 3.8) is 0 Å². The molecule has 0 bridgehead atoms. The van der Waals surface area contributed by atoms with Crippen LogP contribution in [0.2, 0.25) is 5.02 Å². The van der Waals surface area contributed by atoms with E-state index >= 15 is 0 Å². The second-order valence-corrected chi connectivity index (χ2v) is 6.25. The van der Waals surface area contributed by atoms with Crippen LogP contribution in [0.1, 0.15) is 26.3 Å². The fourth-order valence-corrected chi connectivity index (χ4v) is 2.73. The van der Waals surface area contributed by atoms with Gasteiger partial charge in [-0.3, -0.25) is 9.59 Å². The maximum absolute atomic E-state index is 12.4. The van der Waals surface area contributed by atoms with Crippen molar-refractivity contribution in [3.05, 3.63) is 94.5 Å². The Kier molecular flexibility index (Phi) is 5.34. The summed E-state index contributed by atoms with van der Waals surface area (Å²) in [6.45, 7) is 1.93. The van der Waals surface area contributed by atoms with Crippen molar-refractivity contribution < 1.29 is 9.59 Å². The fraction of sp³-hybridized carbons (Fsp3) is 0.0476. The van der Waals surface area contributed by atoms with E-state index in [4.69, 9.17) is 11.6 Å². The lowest BCUT2D eigenvalue weighted by Crippen LogP contribution is -2.14. The number of benzene rings is 3. The molecule has 0 aliphatic heterocycles. The van der Waals surface area contributed by atoms with Crippen LogP contribution in [0.5, 0.6) is 0 Å². The molecular formula is C21H17ClN2O2. The van der Waals surface area contributed by atoms with Gasteiger partial charge in [0.15, 0.2) is 0 Å². The Morgan fingerprint density at radius 1 is 0.769 bits per heavy atom. The van der Waals surface area contributed by atoms with Crippen LogP contribution >= 0.6 is 11.6 Å². The van der Waals surface area contributed by atoms with Crippen molar-refractivity contribution in [2.75, 3.05) is 10.6 Å². The second-order valence-electron chi connectivity index (χ2n) is 5.84. The van der Waals surface area contributed by atoms with Crippen molar-refractivity contribution in [3.8, 4) is 0 Å². The molecule has 0 saturated carbocycles. The summed E-state index contributed by atoms with van der Waals surface area (Å²) in [5.41, 5.74) is 3.14. The third kappa shape index (κ3) is 4.29. The zero-order chi connectivity index (χ0) is 18.5. The molecule has 3 rings (SSSR count). The van der Waals surface area contributed by atoms with Gasteiger partial charge < -0.3 is 10.6 Å². The number of halogens is 1. The molecule has 2 amide bonds. The summed E-state index contributed by atoms with van der Waals surface area (Å²) >= 11 is 6.05. The number of anilines is 2. The van der Waals surface area contributed by atoms with E-state index in [1.807, 2.05) is 25.1 Å². The quantitative estimate of drug-likeness (QED) is 0.672. The van der Waals surface area contributed by atoms with Crippen LogP contribution < -0.4 is 10.6 Å². The number of amides is 2. The third-order valence-electron chi connectivity index (χ3n) is 3.78. The van der Waals surface area contributed by atoms with Gasteiger partial charge in [0.05, 0.1) is 10.6 Å². The van der Waals surface area contributed by atoms with Crippen molar-refractivity contribution in [2.24, 2.45) is 0 Å². The standard InChI is InChI=1S/C21H17ClN2O2/c1-14-6-4-7-15(12-14)20(25)23-16-8-5-9-17(13-16)24-21(26)18-10-2-3-11-19(18)22/h2-13H,1H3,(H,23,25)(H,24,26). The van der Waals surface area contributed by atoms with E-state index in [2.05, 4.69) is 10.6 Å². The lowest BCUT2D eigenvalue weighted by molar-refractivity contribution is 0.101. The van der Waals surface area contributed by atoms with Gasteiger partial charge in [0.1, 0.15) is 0 Å². The average Bonchev–Trinajstić information content (AvgIpc) is 2.62. The Bertz CT molecular complexity index is 969. The first-order chi connectivity index (χ1) is 12.5. The number of nitrogens with one attached hydrogen (secondary N) is 2. The summed E-state index contributed by atoms with van der Waals surface area (Å²) in [6.07, 6.45) is 0. The number of hydrogen-bond acceptors (Lipinski definition) is 2. The van der Waals surface area contributed by atoms with Crippen molar-refractivity contribution in [2.45, 2.75) is 6.92 Å². The summed E-state index contributed by atoms with van der Waals surface area (Å²) in [5, 5.41) is 6.00. The lowest BCUT2D eigenvalue weighted by Gasteiger charge is -2.10. The van der Waals surface area contributed by atoms with Gasteiger partial charge in [-0.25, -0.2) is 0 Å². The number of carbonyl (C=O) groups excluding carboxylic acids is 2. The third-order valence-corrected chi connectivity index (χ3v) is 4.11. The minimum Gasteiger partial charge on any atom is -0.322 e. The Balaban J connectivity index is 1.73. The number of carbonyl (C=O) groups is 2. The first-order valence-corrected chi connectivity index (χ1v) is 8.45. The number of rotatable bonds is 4. The molecule has 0 heterocycles. The molecule has 5 heteroatoms. The normalized spacial score (nSPS) is 10.2. The highest BCUT2D eigenvalue weighted by Gasteiger charge is 2.11. The minimum absolute atomic E-state index is 0.205. The first-order valence-electron chi connectivity index (χ1n) is 8.07. The van der Waals surface area contributed by atoms with Crippen LogP contribution in [0.3, 0.4) is 0 Å². The summed E-state index contributed by atoms with van der Waals surface area (Å²) in [5.74, 6) is -0.513. The highest BCUT2D eigenvalue weighted by atomic mass is 35.5. The Morgan fingerprint density at radius 3 is 2.12 bits per heavy atom. The van der Waals surface area contributed by atoms with E-state index < -0.39 is 0 Å². The maximum Gasteiger partial charge on any atom is 0.257 e. The van der Waals surface area contributed by atoms with Gasteiger partial charge in [-0.1, -0.05) is 47.5 Å². The van der Waals surface area contributed by atoms with Gasteiger partial charge in [-0.2, -0.15) is 0 Å². The molecule has 130 valence electrons. The summed E-state index contributed by atoms with van der Waals surface area (Å²) in [7, 11) is 0. The van der Waals surface area contributed by atoms with Crippen LogP contribution in [-0.4, -0.2) is 11.8 Å². The maximum atomic E-state index is 12.4. The summed E-state index contributed by atoms with van der Waals surface area (Å²) in [6, 6.07) is 21.1. The molecular weight excluding hydrogens is 348 g/mol. The molecule has 0 fully saturated rings. The monoisotopic (exact) mass is 364 g/mol. The molecule has 0 radical (unpaired) electrons. The predicted octanol–water partition coefficient (Wildman–Crippen LogP) is 5.15. The molecule has 0 saturated heterocycles. The Morgan fingerprint density at radius 2 is 1.42 bits per heavy atom. The topological polar surface area (TPSA) is 58.2 Å². The Hall–Kier alpha value is -3.11. The molecule has 4 nitrogen and oxygen atoms in total. The Labute approximate surface area is 156 Å². The fourth-order valence-electron chi connectivity index (χ4n) is 2.51. The number of aryl methyl sites for hydroxylation is 1. The molecule has 0 aliphatic rings. The van der Waals surface area contributed by atoms with Crippen LogP contribution in [0.15, 0.2) is 72.8 Å². The highest BCUT2D eigenvalue weighted by Crippen LogP contribution is 2.20. The molecule has 3 aromatic rings. The van der Waals surface area contributed by atoms with E-state index in [1.54, 1.807) is 54.6 Å². The van der Waals surface area contributed by atoms with Gasteiger partial charge in [0.2, 0.25) is 0 Å². The molecule has 2 N–H and O–H groups in total. The lowest BCUT2D eigenvalue weighted by atomic mass is 10.1. The van der Waals surface area contributed by atoms with E-state index in [1.165, 1.54) is 0 Å². The smallest absolute Gasteiger partial charge is 0.257 e. The predicted molar refractivity (Wildman–Crippen MR) is 105 cm³/mol. The first kappa shape index (κ1) is 17.7.